The molecule has 4 nitrogen and oxygen atoms in total. The second-order valence-electron chi connectivity index (χ2n) is 2.96. The zero-order valence-electron chi connectivity index (χ0n) is 7.35. The molecule has 0 spiro atoms. The summed E-state index contributed by atoms with van der Waals surface area (Å²) in [5, 5.41) is 0.429. The fourth-order valence-corrected chi connectivity index (χ4v) is 2.72. The van der Waals surface area contributed by atoms with Gasteiger partial charge in [0.2, 0.25) is 6.21 Å². The van der Waals surface area contributed by atoms with Crippen LogP contribution in [-0.4, -0.2) is 26.7 Å². The van der Waals surface area contributed by atoms with Gasteiger partial charge in [-0.3, -0.25) is 4.55 Å². The zero-order chi connectivity index (χ0) is 10.3. The highest BCUT2D eigenvalue weighted by molar-refractivity contribution is 7.88. The first-order chi connectivity index (χ1) is 6.49. The Labute approximate surface area is 86.8 Å². The van der Waals surface area contributed by atoms with E-state index in [0.717, 1.165) is 0 Å². The predicted molar refractivity (Wildman–Crippen MR) is 54.3 cm³/mol. The number of rotatable bonds is 0. The number of hydrogen-bond donors (Lipinski definition) is 1. The second-order valence-corrected chi connectivity index (χ2v) is 5.00. The first-order valence-corrected chi connectivity index (χ1v) is 5.71. The average molecular weight is 232 g/mol. The second kappa shape index (κ2) is 3.05. The summed E-state index contributed by atoms with van der Waals surface area (Å²) in [5.74, 6) is 0. The maximum absolute atomic E-state index is 11.7. The minimum atomic E-state index is -3.33. The normalized spacial score (nSPS) is 24.9. The SMILES string of the molecule is C[N+]1=Cc2ccc(Cl)cc2S(=O)(O)=N1. The van der Waals surface area contributed by atoms with E-state index in [2.05, 4.69) is 4.47 Å². The molecule has 0 aromatic heterocycles. The van der Waals surface area contributed by atoms with Crippen LogP contribution < -0.4 is 0 Å². The van der Waals surface area contributed by atoms with Crippen molar-refractivity contribution in [2.75, 3.05) is 7.05 Å². The van der Waals surface area contributed by atoms with Crippen LogP contribution in [0.1, 0.15) is 5.56 Å². The van der Waals surface area contributed by atoms with E-state index in [9.17, 15) is 8.76 Å². The Kier molecular flexibility index (Phi) is 2.10. The molecule has 0 bridgehead atoms. The summed E-state index contributed by atoms with van der Waals surface area (Å²) in [6.45, 7) is 0. The molecule has 1 heterocycles. The van der Waals surface area contributed by atoms with Gasteiger partial charge < -0.3 is 0 Å². The summed E-state index contributed by atoms with van der Waals surface area (Å²) in [7, 11) is -1.72. The number of fused-ring (bicyclic) bond motifs is 1. The molecule has 1 aromatic rings. The van der Waals surface area contributed by atoms with E-state index in [4.69, 9.17) is 11.6 Å². The lowest BCUT2D eigenvalue weighted by Gasteiger charge is -2.07. The van der Waals surface area contributed by atoms with Gasteiger partial charge >= 0.3 is 0 Å². The third-order valence-electron chi connectivity index (χ3n) is 1.83. The van der Waals surface area contributed by atoms with E-state index < -0.39 is 10.0 Å². The van der Waals surface area contributed by atoms with Gasteiger partial charge in [0.1, 0.15) is 0 Å². The Balaban J connectivity index is 2.82. The first-order valence-electron chi connectivity index (χ1n) is 3.86. The molecule has 1 aromatic carbocycles. The van der Waals surface area contributed by atoms with Crippen LogP contribution in [0.5, 0.6) is 0 Å². The Bertz CT molecular complexity index is 544. The minimum Gasteiger partial charge on any atom is -0.293 e. The lowest BCUT2D eigenvalue weighted by atomic mass is 10.2. The van der Waals surface area contributed by atoms with Crippen LogP contribution >= 0.6 is 11.6 Å². The molecule has 1 aliphatic heterocycles. The summed E-state index contributed by atoms with van der Waals surface area (Å²) in [6, 6.07) is 4.83. The number of nitrogens with zero attached hydrogens (tertiary/aromatic N) is 2. The molecule has 0 amide bonds. The minimum absolute atomic E-state index is 0.267. The highest BCUT2D eigenvalue weighted by Gasteiger charge is 2.22. The molecule has 2 rings (SSSR count). The lowest BCUT2D eigenvalue weighted by molar-refractivity contribution is -0.495. The topological polar surface area (TPSA) is 52.7 Å². The van der Waals surface area contributed by atoms with Crippen LogP contribution in [-0.2, 0) is 10.0 Å². The van der Waals surface area contributed by atoms with Crippen LogP contribution in [0.3, 0.4) is 0 Å². The molecule has 0 fully saturated rings. The van der Waals surface area contributed by atoms with Crippen molar-refractivity contribution in [3.8, 4) is 0 Å². The van der Waals surface area contributed by atoms with Crippen molar-refractivity contribution in [1.29, 1.82) is 0 Å². The van der Waals surface area contributed by atoms with Crippen molar-refractivity contribution in [2.45, 2.75) is 4.90 Å². The molecule has 0 saturated carbocycles. The van der Waals surface area contributed by atoms with Gasteiger partial charge in [-0.2, -0.15) is 0 Å². The molecule has 1 atom stereocenters. The van der Waals surface area contributed by atoms with Gasteiger partial charge in [0.05, 0.1) is 14.9 Å². The molecule has 0 saturated heterocycles. The highest BCUT2D eigenvalue weighted by atomic mass is 35.5. The summed E-state index contributed by atoms with van der Waals surface area (Å²) in [4.78, 5) is 0.267. The van der Waals surface area contributed by atoms with Crippen LogP contribution in [0.25, 0.3) is 0 Å². The average Bonchev–Trinajstić information content (AvgIpc) is 2.05. The van der Waals surface area contributed by atoms with Crippen LogP contribution in [0, 0.1) is 0 Å². The largest absolute Gasteiger partial charge is 0.293 e. The van der Waals surface area contributed by atoms with E-state index >= 15 is 0 Å². The van der Waals surface area contributed by atoms with E-state index in [1.165, 1.54) is 10.8 Å². The summed E-state index contributed by atoms with van der Waals surface area (Å²) in [5.41, 5.74) is 0.666. The molecule has 1 unspecified atom stereocenters. The van der Waals surface area contributed by atoms with E-state index in [-0.39, 0.29) is 4.90 Å². The first kappa shape index (κ1) is 9.64. The molecular weight excluding hydrogens is 224 g/mol. The molecule has 74 valence electrons. The summed E-state index contributed by atoms with van der Waals surface area (Å²) < 4.78 is 26.2. The predicted octanol–water partition coefficient (Wildman–Crippen LogP) is 1.63. The van der Waals surface area contributed by atoms with Gasteiger partial charge in [0, 0.05) is 5.02 Å². The molecular formula is C8H8ClN2O2S+. The fourth-order valence-electron chi connectivity index (χ4n) is 1.29. The highest BCUT2D eigenvalue weighted by Crippen LogP contribution is 2.22. The van der Waals surface area contributed by atoms with Crippen molar-refractivity contribution in [3.05, 3.63) is 28.8 Å². The monoisotopic (exact) mass is 231 g/mol. The fraction of sp³-hybridized carbons (Fsp3) is 0.125. The van der Waals surface area contributed by atoms with Crippen molar-refractivity contribution < 1.29 is 13.4 Å². The number of benzene rings is 1. The van der Waals surface area contributed by atoms with Crippen LogP contribution in [0.4, 0.5) is 0 Å². The van der Waals surface area contributed by atoms with E-state index in [0.29, 0.717) is 10.6 Å². The molecule has 0 radical (unpaired) electrons. The third kappa shape index (κ3) is 1.54. The van der Waals surface area contributed by atoms with Crippen LogP contribution in [0.15, 0.2) is 27.6 Å². The van der Waals surface area contributed by atoms with Crippen LogP contribution in [0.2, 0.25) is 5.02 Å². The Hall–Kier alpha value is -0.910. The van der Waals surface area contributed by atoms with Gasteiger partial charge in [-0.25, -0.2) is 4.21 Å². The smallest absolute Gasteiger partial charge is 0.253 e. The van der Waals surface area contributed by atoms with Gasteiger partial charge in [-0.15, -0.1) is 0 Å². The summed E-state index contributed by atoms with van der Waals surface area (Å²) in [6.07, 6.45) is 1.67. The Morgan fingerprint density at radius 3 is 3.00 bits per heavy atom. The number of halogens is 1. The van der Waals surface area contributed by atoms with Gasteiger partial charge in [0.15, 0.2) is 7.05 Å². The van der Waals surface area contributed by atoms with E-state index in [1.54, 1.807) is 25.4 Å². The number of hydrogen-bond acceptors (Lipinski definition) is 2. The van der Waals surface area contributed by atoms with Gasteiger partial charge in [0.25, 0.3) is 10.0 Å². The Morgan fingerprint density at radius 1 is 1.57 bits per heavy atom. The molecule has 0 aliphatic carbocycles. The maximum Gasteiger partial charge on any atom is 0.253 e. The van der Waals surface area contributed by atoms with E-state index in [1.807, 2.05) is 0 Å². The zero-order valence-corrected chi connectivity index (χ0v) is 8.92. The molecule has 1 N–H and O–H groups in total. The quantitative estimate of drug-likeness (QED) is 0.690. The van der Waals surface area contributed by atoms with Crippen molar-refractivity contribution in [1.82, 2.24) is 0 Å². The standard InChI is InChI=1S/C8H7ClN2O2S/c1-11-5-6-2-3-7(9)4-8(6)14(12,13)10-11/h2-5H,1H3/p+1. The maximum atomic E-state index is 11.7. The molecule has 1 aliphatic rings. The molecule has 14 heavy (non-hydrogen) atoms. The summed E-state index contributed by atoms with van der Waals surface area (Å²) >= 11 is 5.73. The Morgan fingerprint density at radius 2 is 2.29 bits per heavy atom. The van der Waals surface area contributed by atoms with Crippen molar-refractivity contribution in [3.63, 3.8) is 0 Å². The van der Waals surface area contributed by atoms with Gasteiger partial charge in [-0.05, 0) is 18.2 Å². The van der Waals surface area contributed by atoms with Crippen molar-refractivity contribution >= 4 is 27.8 Å². The lowest BCUT2D eigenvalue weighted by Crippen LogP contribution is -2.15. The van der Waals surface area contributed by atoms with Crippen molar-refractivity contribution in [2.24, 2.45) is 4.47 Å². The third-order valence-corrected chi connectivity index (χ3v) is 3.47. The van der Waals surface area contributed by atoms with Gasteiger partial charge in [-0.1, -0.05) is 16.3 Å². The molecule has 6 heteroatoms.